The lowest BCUT2D eigenvalue weighted by Gasteiger charge is -1.81. The maximum atomic E-state index is 4.15. The quantitative estimate of drug-likeness (QED) is 0.511. The van der Waals surface area contributed by atoms with Crippen molar-refractivity contribution < 1.29 is 9.88 Å². The van der Waals surface area contributed by atoms with Crippen LogP contribution in [0.3, 0.4) is 0 Å². The van der Waals surface area contributed by atoms with Gasteiger partial charge in [-0.15, -0.1) is 0 Å². The summed E-state index contributed by atoms with van der Waals surface area (Å²) in [6.07, 6.45) is 6.40. The van der Waals surface area contributed by atoms with Crippen LogP contribution in [-0.2, 0) is 9.88 Å². The van der Waals surface area contributed by atoms with Gasteiger partial charge in [0.15, 0.2) is 0 Å². The average molecular weight is 141 g/mol. The molecule has 0 bridgehead atoms. The molecule has 0 aromatic carbocycles. The van der Waals surface area contributed by atoms with Gasteiger partial charge < -0.3 is 4.89 Å². The Hall–Kier alpha value is -1.49. The van der Waals surface area contributed by atoms with Crippen molar-refractivity contribution in [3.05, 3.63) is 30.9 Å². The van der Waals surface area contributed by atoms with Gasteiger partial charge in [0.25, 0.3) is 0 Å². The summed E-state index contributed by atoms with van der Waals surface area (Å²) in [6.45, 7) is 0. The van der Waals surface area contributed by atoms with E-state index in [1.165, 1.54) is 6.26 Å². The predicted octanol–water partition coefficient (Wildman–Crippen LogP) is 0.334. The van der Waals surface area contributed by atoms with Crippen LogP contribution in [0.4, 0.5) is 0 Å². The van der Waals surface area contributed by atoms with E-state index in [4.69, 9.17) is 0 Å². The van der Waals surface area contributed by atoms with Crippen LogP contribution < -0.4 is 5.48 Å². The fraction of sp³-hybridized carbons (Fsp3) is 0. The van der Waals surface area contributed by atoms with Gasteiger partial charge in [-0.3, -0.25) is 5.10 Å². The molecule has 0 radical (unpaired) electrons. The van der Waals surface area contributed by atoms with Crippen LogP contribution in [0.25, 0.3) is 0 Å². The molecule has 1 aromatic rings. The second kappa shape index (κ2) is 4.39. The first-order valence-corrected chi connectivity index (χ1v) is 2.67. The molecule has 10 heavy (non-hydrogen) atoms. The molecule has 0 aliphatic carbocycles. The Labute approximate surface area is 57.5 Å². The molecule has 5 heteroatoms. The van der Waals surface area contributed by atoms with Crippen molar-refractivity contribution in [1.29, 1.82) is 0 Å². The van der Waals surface area contributed by atoms with Crippen molar-refractivity contribution >= 4 is 0 Å². The molecule has 0 spiro atoms. The van der Waals surface area contributed by atoms with Crippen LogP contribution in [-0.4, -0.2) is 10.2 Å². The molecular weight excluding hydrogens is 134 g/mol. The molecule has 2 heterocycles. The summed E-state index contributed by atoms with van der Waals surface area (Å²) >= 11 is 0. The monoisotopic (exact) mass is 141 g/mol. The number of nitrogens with zero attached hydrogens (tertiary/aromatic N) is 1. The molecule has 0 amide bonds. The lowest BCUT2D eigenvalue weighted by molar-refractivity contribution is -0.264. The number of nitrogens with one attached hydrogen (secondary N) is 2. The standard InChI is InChI=1S/C3H4N2.C2H3NO2/c2*1-2-4-5-3-1/h1-3H,(H,4,5);1-3H. The zero-order valence-corrected chi connectivity index (χ0v) is 5.15. The third kappa shape index (κ3) is 2.73. The average Bonchev–Trinajstić information content (AvgIpc) is 2.67. The molecular formula is C5H7N3O2. The summed E-state index contributed by atoms with van der Waals surface area (Å²) in [5.41, 5.74) is 2.32. The Morgan fingerprint density at radius 1 is 1.40 bits per heavy atom. The van der Waals surface area contributed by atoms with Crippen molar-refractivity contribution in [1.82, 2.24) is 15.7 Å². The number of aromatic amines is 1. The van der Waals surface area contributed by atoms with Crippen LogP contribution >= 0.6 is 0 Å². The van der Waals surface area contributed by atoms with Crippen LogP contribution in [0.5, 0.6) is 0 Å². The van der Waals surface area contributed by atoms with Gasteiger partial charge in [-0.25, -0.2) is 5.48 Å². The Morgan fingerprint density at radius 2 is 2.40 bits per heavy atom. The molecule has 5 nitrogen and oxygen atoms in total. The number of H-pyrrole nitrogens is 1. The normalized spacial score (nSPS) is 12.8. The highest BCUT2D eigenvalue weighted by Gasteiger charge is 1.81. The van der Waals surface area contributed by atoms with Gasteiger partial charge in [0, 0.05) is 12.4 Å². The van der Waals surface area contributed by atoms with E-state index in [0.29, 0.717) is 0 Å². The van der Waals surface area contributed by atoms with Crippen molar-refractivity contribution in [3.63, 3.8) is 0 Å². The highest BCUT2D eigenvalue weighted by molar-refractivity contribution is 4.72. The first kappa shape index (κ1) is 6.63. The highest BCUT2D eigenvalue weighted by atomic mass is 17.3. The summed E-state index contributed by atoms with van der Waals surface area (Å²) in [6, 6.07) is 1.83. The number of hydroxylamine groups is 1. The molecule has 1 aliphatic rings. The van der Waals surface area contributed by atoms with Crippen LogP contribution in [0.1, 0.15) is 0 Å². The van der Waals surface area contributed by atoms with Gasteiger partial charge >= 0.3 is 0 Å². The second-order valence-corrected chi connectivity index (χ2v) is 1.37. The first-order chi connectivity index (χ1) is 5.00. The van der Waals surface area contributed by atoms with E-state index in [9.17, 15) is 0 Å². The second-order valence-electron chi connectivity index (χ2n) is 1.37. The van der Waals surface area contributed by atoms with Gasteiger partial charge in [-0.05, 0) is 6.07 Å². The van der Waals surface area contributed by atoms with Gasteiger partial charge in [0.2, 0.25) is 0 Å². The Bertz CT molecular complexity index is 150. The molecule has 0 unspecified atom stereocenters. The van der Waals surface area contributed by atoms with Crippen LogP contribution in [0.15, 0.2) is 30.9 Å². The van der Waals surface area contributed by atoms with Gasteiger partial charge in [-0.1, -0.05) is 4.99 Å². The Balaban J connectivity index is 0.0000001000. The lowest BCUT2D eigenvalue weighted by Crippen LogP contribution is -1.94. The minimum absolute atomic E-state index is 1.40. The molecule has 2 N–H and O–H groups in total. The summed E-state index contributed by atoms with van der Waals surface area (Å²) in [5.74, 6) is 0. The SMILES string of the molecule is C1=COON1.c1cn[nH]c1. The van der Waals surface area contributed by atoms with E-state index in [-0.39, 0.29) is 0 Å². The molecule has 0 atom stereocenters. The molecule has 1 aromatic heterocycles. The molecule has 1 aliphatic heterocycles. The smallest absolute Gasteiger partial charge is 0.150 e. The van der Waals surface area contributed by atoms with Gasteiger partial charge in [0.05, 0.1) is 6.20 Å². The largest absolute Gasteiger partial charge is 0.321 e. The maximum Gasteiger partial charge on any atom is 0.150 e. The minimum atomic E-state index is 1.40. The molecule has 2 rings (SSSR count). The van der Waals surface area contributed by atoms with E-state index in [1.54, 1.807) is 18.6 Å². The fourth-order valence-corrected chi connectivity index (χ4v) is 0.354. The molecule has 0 saturated carbocycles. The van der Waals surface area contributed by atoms with Gasteiger partial charge in [-0.2, -0.15) is 5.10 Å². The number of hydrogen-bond donors (Lipinski definition) is 2. The van der Waals surface area contributed by atoms with E-state index in [1.807, 2.05) is 6.07 Å². The van der Waals surface area contributed by atoms with Crippen LogP contribution in [0, 0.1) is 0 Å². The van der Waals surface area contributed by atoms with Crippen molar-refractivity contribution in [2.45, 2.75) is 0 Å². The number of aromatic nitrogens is 2. The Morgan fingerprint density at radius 3 is 2.60 bits per heavy atom. The number of hydrogen-bond acceptors (Lipinski definition) is 4. The fourth-order valence-electron chi connectivity index (χ4n) is 0.354. The summed E-state index contributed by atoms with van der Waals surface area (Å²) in [5, 5.41) is 6.21. The zero-order chi connectivity index (χ0) is 7.07. The lowest BCUT2D eigenvalue weighted by atomic mass is 10.8. The van der Waals surface area contributed by atoms with Gasteiger partial charge in [0.1, 0.15) is 6.26 Å². The predicted molar refractivity (Wildman–Crippen MR) is 33.0 cm³/mol. The molecule has 0 fully saturated rings. The van der Waals surface area contributed by atoms with Crippen molar-refractivity contribution in [2.75, 3.05) is 0 Å². The van der Waals surface area contributed by atoms with E-state index < -0.39 is 0 Å². The van der Waals surface area contributed by atoms with E-state index in [2.05, 4.69) is 25.6 Å². The summed E-state index contributed by atoms with van der Waals surface area (Å²) in [4.78, 5) is 8.24. The zero-order valence-electron chi connectivity index (χ0n) is 5.15. The maximum absolute atomic E-state index is 4.15. The molecule has 0 saturated heterocycles. The Kier molecular flexibility index (Phi) is 2.91. The van der Waals surface area contributed by atoms with E-state index in [0.717, 1.165) is 0 Å². The topological polar surface area (TPSA) is 59.2 Å². The number of rotatable bonds is 0. The third-order valence-corrected chi connectivity index (χ3v) is 0.694. The minimum Gasteiger partial charge on any atom is -0.321 e. The highest BCUT2D eigenvalue weighted by Crippen LogP contribution is 1.80. The van der Waals surface area contributed by atoms with Crippen LogP contribution in [0.2, 0.25) is 0 Å². The van der Waals surface area contributed by atoms with Crippen molar-refractivity contribution in [2.24, 2.45) is 0 Å². The summed E-state index contributed by atoms with van der Waals surface area (Å²) in [7, 11) is 0. The van der Waals surface area contributed by atoms with E-state index >= 15 is 0 Å². The summed E-state index contributed by atoms with van der Waals surface area (Å²) < 4.78 is 0. The molecule has 54 valence electrons. The van der Waals surface area contributed by atoms with Crippen molar-refractivity contribution in [3.8, 4) is 0 Å². The third-order valence-electron chi connectivity index (χ3n) is 0.694. The first-order valence-electron chi connectivity index (χ1n) is 2.67.